The summed E-state index contributed by atoms with van der Waals surface area (Å²) in [5.41, 5.74) is 5.13. The van der Waals surface area contributed by atoms with Crippen LogP contribution in [0.1, 0.15) is 110 Å². The van der Waals surface area contributed by atoms with Crippen molar-refractivity contribution in [3.05, 3.63) is 59.2 Å². The summed E-state index contributed by atoms with van der Waals surface area (Å²) in [6, 6.07) is 9.50. The molecule has 0 heterocycles. The molecule has 202 valence electrons. The van der Waals surface area contributed by atoms with E-state index in [0.29, 0.717) is 40.1 Å². The van der Waals surface area contributed by atoms with E-state index in [-0.39, 0.29) is 12.1 Å². The number of ether oxygens (including phenoxy) is 1. The number of carbonyl (C=O) groups excluding carboxylic acids is 1. The fraction of sp³-hybridized carbons (Fsp3) is 0.686. The summed E-state index contributed by atoms with van der Waals surface area (Å²) in [7, 11) is 0. The van der Waals surface area contributed by atoms with Gasteiger partial charge in [0.05, 0.1) is 5.56 Å². The molecule has 1 aromatic carbocycles. The molecule has 0 aliphatic heterocycles. The number of hydrogen-bond acceptors (Lipinski definition) is 2. The third kappa shape index (κ3) is 4.87. The van der Waals surface area contributed by atoms with E-state index in [9.17, 15) is 4.79 Å². The Morgan fingerprint density at radius 1 is 0.946 bits per heavy atom. The lowest BCUT2D eigenvalue weighted by Crippen LogP contribution is -2.46. The van der Waals surface area contributed by atoms with Gasteiger partial charge in [-0.05, 0) is 116 Å². The maximum Gasteiger partial charge on any atom is 0.338 e. The second-order valence-electron chi connectivity index (χ2n) is 13.9. The molecule has 0 bridgehead atoms. The van der Waals surface area contributed by atoms with Crippen molar-refractivity contribution in [3.63, 3.8) is 0 Å². The molecule has 0 spiro atoms. The molecule has 0 aromatic heterocycles. The van der Waals surface area contributed by atoms with Gasteiger partial charge >= 0.3 is 5.97 Å². The van der Waals surface area contributed by atoms with Crippen LogP contribution in [0.25, 0.3) is 0 Å². The van der Waals surface area contributed by atoms with Crippen LogP contribution in [-0.2, 0) is 4.74 Å². The van der Waals surface area contributed by atoms with E-state index in [1.807, 2.05) is 41.5 Å². The summed E-state index contributed by atoms with van der Waals surface area (Å²) >= 11 is 0. The molecule has 5 rings (SSSR count). The van der Waals surface area contributed by atoms with E-state index >= 15 is 0 Å². The van der Waals surface area contributed by atoms with Gasteiger partial charge < -0.3 is 4.74 Å². The fourth-order valence-electron chi connectivity index (χ4n) is 8.93. The molecular formula is C35H50O2. The minimum Gasteiger partial charge on any atom is -0.459 e. The zero-order chi connectivity index (χ0) is 26.4. The van der Waals surface area contributed by atoms with Gasteiger partial charge in [-0.15, -0.1) is 0 Å². The van der Waals surface area contributed by atoms with Crippen molar-refractivity contribution in [2.75, 3.05) is 0 Å². The summed E-state index contributed by atoms with van der Waals surface area (Å²) in [4.78, 5) is 12.7. The SMILES string of the molecule is CC(C)C(C)C=CC(C)C1CCC2C3=C(CCC21C)C1(C)CCC(OC(=O)c2ccccc2)CC1CC3. The number of rotatable bonds is 6. The van der Waals surface area contributed by atoms with Gasteiger partial charge in [0, 0.05) is 0 Å². The van der Waals surface area contributed by atoms with Gasteiger partial charge in [-0.2, -0.15) is 0 Å². The van der Waals surface area contributed by atoms with Crippen molar-refractivity contribution in [1.82, 2.24) is 0 Å². The minimum atomic E-state index is -0.152. The van der Waals surface area contributed by atoms with E-state index in [1.165, 1.54) is 44.9 Å². The van der Waals surface area contributed by atoms with Gasteiger partial charge in [-0.25, -0.2) is 4.79 Å². The Morgan fingerprint density at radius 2 is 1.70 bits per heavy atom. The molecule has 4 aliphatic rings. The Balaban J connectivity index is 1.29. The van der Waals surface area contributed by atoms with Crippen molar-refractivity contribution in [2.24, 2.45) is 46.3 Å². The van der Waals surface area contributed by atoms with Crippen LogP contribution in [0.5, 0.6) is 0 Å². The van der Waals surface area contributed by atoms with Gasteiger partial charge in [0.2, 0.25) is 0 Å². The first-order chi connectivity index (χ1) is 17.6. The van der Waals surface area contributed by atoms with E-state index in [2.05, 4.69) is 53.7 Å². The van der Waals surface area contributed by atoms with Gasteiger partial charge in [0.25, 0.3) is 0 Å². The lowest BCUT2D eigenvalue weighted by Gasteiger charge is -2.55. The Bertz CT molecular complexity index is 1030. The van der Waals surface area contributed by atoms with Crippen molar-refractivity contribution in [2.45, 2.75) is 105 Å². The number of esters is 1. The third-order valence-electron chi connectivity index (χ3n) is 11.7. The first kappa shape index (κ1) is 26.8. The molecule has 0 N–H and O–H groups in total. The van der Waals surface area contributed by atoms with Crippen molar-refractivity contribution in [3.8, 4) is 0 Å². The number of benzene rings is 1. The lowest BCUT2D eigenvalue weighted by atomic mass is 9.50. The maximum atomic E-state index is 12.7. The predicted molar refractivity (Wildman–Crippen MR) is 153 cm³/mol. The van der Waals surface area contributed by atoms with Crippen LogP contribution in [0.3, 0.4) is 0 Å². The van der Waals surface area contributed by atoms with Gasteiger partial charge in [0.15, 0.2) is 0 Å². The normalized spacial score (nSPS) is 37.2. The van der Waals surface area contributed by atoms with E-state index in [1.54, 1.807) is 0 Å². The highest BCUT2D eigenvalue weighted by Crippen LogP contribution is 2.66. The van der Waals surface area contributed by atoms with Crippen LogP contribution in [0.15, 0.2) is 53.6 Å². The van der Waals surface area contributed by atoms with Crippen LogP contribution in [-0.4, -0.2) is 12.1 Å². The Labute approximate surface area is 226 Å². The van der Waals surface area contributed by atoms with Gasteiger partial charge in [-0.3, -0.25) is 0 Å². The van der Waals surface area contributed by atoms with Crippen molar-refractivity contribution >= 4 is 5.97 Å². The summed E-state index contributed by atoms with van der Waals surface area (Å²) in [5.74, 6) is 4.12. The summed E-state index contributed by atoms with van der Waals surface area (Å²) in [6.45, 7) is 14.7. The Morgan fingerprint density at radius 3 is 2.43 bits per heavy atom. The summed E-state index contributed by atoms with van der Waals surface area (Å²) < 4.78 is 6.03. The van der Waals surface area contributed by atoms with E-state index < -0.39 is 0 Å². The fourth-order valence-corrected chi connectivity index (χ4v) is 8.93. The molecule has 2 heteroatoms. The van der Waals surface area contributed by atoms with E-state index in [0.717, 1.165) is 24.7 Å². The molecule has 1 aromatic rings. The highest BCUT2D eigenvalue weighted by Gasteiger charge is 2.56. The quantitative estimate of drug-likeness (QED) is 0.286. The van der Waals surface area contributed by atoms with Crippen LogP contribution in [0.4, 0.5) is 0 Å². The van der Waals surface area contributed by atoms with Crippen molar-refractivity contribution < 1.29 is 9.53 Å². The largest absolute Gasteiger partial charge is 0.459 e. The molecule has 37 heavy (non-hydrogen) atoms. The Kier molecular flexibility index (Phi) is 7.51. The highest BCUT2D eigenvalue weighted by atomic mass is 16.5. The molecule has 2 saturated carbocycles. The van der Waals surface area contributed by atoms with Crippen LogP contribution < -0.4 is 0 Å². The zero-order valence-electron chi connectivity index (χ0n) is 24.3. The van der Waals surface area contributed by atoms with Crippen LogP contribution in [0.2, 0.25) is 0 Å². The first-order valence-electron chi connectivity index (χ1n) is 15.3. The molecule has 0 amide bonds. The average molecular weight is 503 g/mol. The predicted octanol–water partition coefficient (Wildman–Crippen LogP) is 9.42. The van der Waals surface area contributed by atoms with Crippen LogP contribution in [0, 0.1) is 46.3 Å². The Hall–Kier alpha value is -1.83. The molecule has 2 nitrogen and oxygen atoms in total. The average Bonchev–Trinajstić information content (AvgIpc) is 3.25. The zero-order valence-corrected chi connectivity index (χ0v) is 24.3. The monoisotopic (exact) mass is 502 g/mol. The first-order valence-corrected chi connectivity index (χ1v) is 15.3. The molecule has 2 fully saturated rings. The number of allylic oxidation sites excluding steroid dienone is 4. The van der Waals surface area contributed by atoms with Gasteiger partial charge in [-0.1, -0.05) is 83.0 Å². The smallest absolute Gasteiger partial charge is 0.338 e. The van der Waals surface area contributed by atoms with Crippen LogP contribution >= 0.6 is 0 Å². The maximum absolute atomic E-state index is 12.7. The standard InChI is InChI=1S/C35H50O2/c1-23(2)24(3)12-13-25(4)30-16-17-31-29-15-14-27-22-28(37-33(36)26-10-8-7-9-11-26)18-20-34(27,5)32(29)19-21-35(30,31)6/h7-13,23-25,27-28,30-31H,14-22H2,1-6H3. The van der Waals surface area contributed by atoms with E-state index in [4.69, 9.17) is 4.74 Å². The summed E-state index contributed by atoms with van der Waals surface area (Å²) in [6.07, 6.45) is 16.3. The molecule has 8 atom stereocenters. The second-order valence-corrected chi connectivity index (χ2v) is 13.9. The molecule has 0 saturated heterocycles. The number of carbonyl (C=O) groups is 1. The molecule has 8 unspecified atom stereocenters. The highest BCUT2D eigenvalue weighted by molar-refractivity contribution is 5.89. The number of hydrogen-bond donors (Lipinski definition) is 0. The molecule has 4 aliphatic carbocycles. The topological polar surface area (TPSA) is 26.3 Å². The second kappa shape index (κ2) is 10.4. The lowest BCUT2D eigenvalue weighted by molar-refractivity contribution is -0.0154. The van der Waals surface area contributed by atoms with Crippen molar-refractivity contribution in [1.29, 1.82) is 0 Å². The molecule has 0 radical (unpaired) electrons. The third-order valence-corrected chi connectivity index (χ3v) is 11.7. The minimum absolute atomic E-state index is 0.0681. The molecular weight excluding hydrogens is 452 g/mol. The number of fused-ring (bicyclic) bond motifs is 4. The summed E-state index contributed by atoms with van der Waals surface area (Å²) in [5, 5.41) is 0. The van der Waals surface area contributed by atoms with Gasteiger partial charge in [0.1, 0.15) is 6.10 Å².